The topological polar surface area (TPSA) is 117 Å². The van der Waals surface area contributed by atoms with Gasteiger partial charge in [0.05, 0.1) is 19.8 Å². The zero-order valence-electron chi connectivity index (χ0n) is 29.8. The molecule has 9 heteroatoms. The molecule has 8 nitrogen and oxygen atoms in total. The molecule has 0 rings (SSSR count). The standard InChI is InChI=1S/C37H72NO7P/c1-3-5-7-9-11-13-15-17-18-20-22-24-26-28-30-37(39)45-36(35-44-46(40,41)43-33-31-38)34-42-32-29-27-25-23-21-19-16-14-12-10-8-6-4-2/h12,14-15,17,36H,3-11,13,16,18-35,38H2,1-2H3,(H,40,41)/b14-12-,17-15-. The van der Waals surface area contributed by atoms with Crippen molar-refractivity contribution in [1.82, 2.24) is 0 Å². The minimum absolute atomic E-state index is 0.0973. The van der Waals surface area contributed by atoms with Crippen LogP contribution in [0.3, 0.4) is 0 Å². The van der Waals surface area contributed by atoms with E-state index < -0.39 is 13.9 Å². The number of esters is 1. The summed E-state index contributed by atoms with van der Waals surface area (Å²) in [5.41, 5.74) is 5.35. The van der Waals surface area contributed by atoms with Gasteiger partial charge in [-0.2, -0.15) is 0 Å². The van der Waals surface area contributed by atoms with Crippen molar-refractivity contribution in [2.24, 2.45) is 5.73 Å². The first kappa shape index (κ1) is 45.0. The molecular formula is C37H72NO7P. The van der Waals surface area contributed by atoms with Crippen molar-refractivity contribution in [3.05, 3.63) is 24.3 Å². The first-order chi connectivity index (χ1) is 22.4. The van der Waals surface area contributed by atoms with E-state index in [1.807, 2.05) is 0 Å². The molecule has 0 aliphatic heterocycles. The summed E-state index contributed by atoms with van der Waals surface area (Å²) in [5, 5.41) is 0. The summed E-state index contributed by atoms with van der Waals surface area (Å²) in [7, 11) is -4.27. The van der Waals surface area contributed by atoms with E-state index in [2.05, 4.69) is 38.2 Å². The third kappa shape index (κ3) is 34.3. The van der Waals surface area contributed by atoms with Crippen LogP contribution in [0.5, 0.6) is 0 Å². The van der Waals surface area contributed by atoms with E-state index in [1.54, 1.807) is 0 Å². The summed E-state index contributed by atoms with van der Waals surface area (Å²) in [6.45, 7) is 4.86. The van der Waals surface area contributed by atoms with Gasteiger partial charge in [-0.15, -0.1) is 0 Å². The summed E-state index contributed by atoms with van der Waals surface area (Å²) in [5.74, 6) is -0.342. The molecule has 0 amide bonds. The number of phosphoric ester groups is 1. The van der Waals surface area contributed by atoms with Crippen LogP contribution in [0.4, 0.5) is 0 Å². The van der Waals surface area contributed by atoms with E-state index in [-0.39, 0.29) is 32.3 Å². The van der Waals surface area contributed by atoms with Crippen molar-refractivity contribution in [1.29, 1.82) is 0 Å². The first-order valence-corrected chi connectivity index (χ1v) is 20.3. The molecule has 0 bridgehead atoms. The van der Waals surface area contributed by atoms with Crippen molar-refractivity contribution >= 4 is 13.8 Å². The Labute approximate surface area is 283 Å². The van der Waals surface area contributed by atoms with E-state index in [9.17, 15) is 14.3 Å². The van der Waals surface area contributed by atoms with Crippen LogP contribution in [0.2, 0.25) is 0 Å². The molecule has 46 heavy (non-hydrogen) atoms. The number of unbranched alkanes of at least 4 members (excludes halogenated alkanes) is 19. The average molecular weight is 674 g/mol. The molecule has 0 aromatic rings. The van der Waals surface area contributed by atoms with Gasteiger partial charge in [0, 0.05) is 19.6 Å². The molecule has 0 aromatic carbocycles. The molecule has 0 aliphatic carbocycles. The Morgan fingerprint density at radius 3 is 1.63 bits per heavy atom. The third-order valence-electron chi connectivity index (χ3n) is 7.84. The Kier molecular flexibility index (Phi) is 34.5. The fourth-order valence-electron chi connectivity index (χ4n) is 5.04. The minimum atomic E-state index is -4.27. The zero-order chi connectivity index (χ0) is 33.8. The second-order valence-electron chi connectivity index (χ2n) is 12.4. The van der Waals surface area contributed by atoms with Crippen LogP contribution >= 0.6 is 7.82 Å². The normalized spacial score (nSPS) is 13.9. The molecule has 2 atom stereocenters. The molecule has 0 radical (unpaired) electrons. The second-order valence-corrected chi connectivity index (χ2v) is 13.9. The number of hydrogen-bond donors (Lipinski definition) is 2. The van der Waals surface area contributed by atoms with Crippen molar-refractivity contribution in [3.8, 4) is 0 Å². The molecule has 0 fully saturated rings. The van der Waals surface area contributed by atoms with Gasteiger partial charge < -0.3 is 20.1 Å². The molecule has 272 valence electrons. The first-order valence-electron chi connectivity index (χ1n) is 18.8. The molecule has 2 unspecified atom stereocenters. The lowest BCUT2D eigenvalue weighted by molar-refractivity contribution is -0.154. The number of phosphoric acid groups is 1. The van der Waals surface area contributed by atoms with Crippen molar-refractivity contribution < 1.29 is 32.8 Å². The second kappa shape index (κ2) is 35.3. The third-order valence-corrected chi connectivity index (χ3v) is 8.83. The average Bonchev–Trinajstić information content (AvgIpc) is 3.04. The van der Waals surface area contributed by atoms with Crippen LogP contribution in [0.25, 0.3) is 0 Å². The fraction of sp³-hybridized carbons (Fsp3) is 0.865. The summed E-state index contributed by atoms with van der Waals surface area (Å²) < 4.78 is 33.3. The Hall–Kier alpha value is -1.02. The highest BCUT2D eigenvalue weighted by Gasteiger charge is 2.25. The number of rotatable bonds is 36. The highest BCUT2D eigenvalue weighted by Crippen LogP contribution is 2.43. The van der Waals surface area contributed by atoms with Crippen molar-refractivity contribution in [2.75, 3.05) is 33.0 Å². The van der Waals surface area contributed by atoms with Gasteiger partial charge in [0.2, 0.25) is 0 Å². The van der Waals surface area contributed by atoms with Crippen LogP contribution in [0, 0.1) is 0 Å². The Bertz CT molecular complexity index is 762. The van der Waals surface area contributed by atoms with Gasteiger partial charge in [-0.3, -0.25) is 13.8 Å². The monoisotopic (exact) mass is 674 g/mol. The Morgan fingerprint density at radius 1 is 0.630 bits per heavy atom. The van der Waals surface area contributed by atoms with Gasteiger partial charge in [-0.1, -0.05) is 122 Å². The van der Waals surface area contributed by atoms with Gasteiger partial charge in [-0.25, -0.2) is 4.57 Å². The van der Waals surface area contributed by atoms with Crippen molar-refractivity contribution in [3.63, 3.8) is 0 Å². The summed E-state index contributed by atoms with van der Waals surface area (Å²) in [4.78, 5) is 22.3. The lowest BCUT2D eigenvalue weighted by Gasteiger charge is -2.20. The predicted molar refractivity (Wildman–Crippen MR) is 192 cm³/mol. The zero-order valence-corrected chi connectivity index (χ0v) is 30.7. The van der Waals surface area contributed by atoms with Gasteiger partial charge in [0.15, 0.2) is 0 Å². The van der Waals surface area contributed by atoms with Gasteiger partial charge >= 0.3 is 13.8 Å². The van der Waals surface area contributed by atoms with E-state index in [0.29, 0.717) is 13.0 Å². The number of hydrogen-bond acceptors (Lipinski definition) is 7. The molecule has 0 saturated heterocycles. The molecule has 3 N–H and O–H groups in total. The van der Waals surface area contributed by atoms with Crippen LogP contribution < -0.4 is 5.73 Å². The molecule has 0 aliphatic rings. The maximum absolute atomic E-state index is 12.5. The number of carbonyl (C=O) groups excluding carboxylic acids is 1. The van der Waals surface area contributed by atoms with E-state index in [4.69, 9.17) is 24.3 Å². The maximum Gasteiger partial charge on any atom is 0.472 e. The summed E-state index contributed by atoms with van der Waals surface area (Å²) in [6, 6.07) is 0. The molecular weight excluding hydrogens is 601 g/mol. The van der Waals surface area contributed by atoms with E-state index >= 15 is 0 Å². The highest BCUT2D eigenvalue weighted by atomic mass is 31.2. The number of ether oxygens (including phenoxy) is 2. The fourth-order valence-corrected chi connectivity index (χ4v) is 5.81. The quantitative estimate of drug-likeness (QED) is 0.0292. The van der Waals surface area contributed by atoms with Crippen LogP contribution in [-0.4, -0.2) is 49.9 Å². The summed E-state index contributed by atoms with van der Waals surface area (Å²) >= 11 is 0. The number of nitrogens with two attached hydrogens (primary N) is 1. The predicted octanol–water partition coefficient (Wildman–Crippen LogP) is 10.5. The maximum atomic E-state index is 12.5. The smallest absolute Gasteiger partial charge is 0.457 e. The van der Waals surface area contributed by atoms with Gasteiger partial charge in [0.25, 0.3) is 0 Å². The number of allylic oxidation sites excluding steroid dienone is 4. The molecule has 0 saturated carbocycles. The lowest BCUT2D eigenvalue weighted by atomic mass is 10.1. The van der Waals surface area contributed by atoms with Gasteiger partial charge in [-0.05, 0) is 64.2 Å². The Morgan fingerprint density at radius 2 is 1.09 bits per heavy atom. The SMILES string of the molecule is CCCCC/C=C\CCCCCCCCOCC(COP(=O)(O)OCCN)OC(=O)CCCCCCC/C=C\CCCCCCC. The van der Waals surface area contributed by atoms with Crippen LogP contribution in [-0.2, 0) is 27.9 Å². The van der Waals surface area contributed by atoms with E-state index in [1.165, 1.54) is 103 Å². The number of carbonyl (C=O) groups is 1. The molecule has 0 spiro atoms. The lowest BCUT2D eigenvalue weighted by Crippen LogP contribution is -2.28. The van der Waals surface area contributed by atoms with Gasteiger partial charge in [0.1, 0.15) is 6.10 Å². The highest BCUT2D eigenvalue weighted by molar-refractivity contribution is 7.47. The van der Waals surface area contributed by atoms with Crippen LogP contribution in [0.1, 0.15) is 168 Å². The van der Waals surface area contributed by atoms with Crippen LogP contribution in [0.15, 0.2) is 24.3 Å². The largest absolute Gasteiger partial charge is 0.472 e. The minimum Gasteiger partial charge on any atom is -0.457 e. The molecule has 0 aromatic heterocycles. The summed E-state index contributed by atoms with van der Waals surface area (Å²) in [6.07, 6.45) is 36.1. The van der Waals surface area contributed by atoms with Crippen molar-refractivity contribution in [2.45, 2.75) is 174 Å². The Balaban J connectivity index is 4.12. The molecule has 0 heterocycles. The van der Waals surface area contributed by atoms with E-state index in [0.717, 1.165) is 44.9 Å².